The van der Waals surface area contributed by atoms with Crippen LogP contribution in [0.3, 0.4) is 0 Å². The van der Waals surface area contributed by atoms with Crippen molar-refractivity contribution in [3.8, 4) is 0 Å². The summed E-state index contributed by atoms with van der Waals surface area (Å²) in [7, 11) is 0. The molecule has 134 valence electrons. The van der Waals surface area contributed by atoms with Gasteiger partial charge < -0.3 is 9.73 Å². The summed E-state index contributed by atoms with van der Waals surface area (Å²) < 4.78 is 18.5. The quantitative estimate of drug-likeness (QED) is 0.883. The zero-order valence-corrected chi connectivity index (χ0v) is 14.8. The number of nitrogens with zero attached hydrogens (tertiary/aromatic N) is 2. The number of anilines is 1. The van der Waals surface area contributed by atoms with Crippen molar-refractivity contribution in [2.45, 2.75) is 19.5 Å². The van der Waals surface area contributed by atoms with Crippen LogP contribution in [0.4, 0.5) is 10.1 Å². The smallest absolute Gasteiger partial charge is 0.241 e. The molecular weight excluding hydrogens is 345 g/mol. The SMILES string of the molecule is C[C@H](C(=O)Nc1ccc(F)cc1Cl)N1CCN(Cc2ccco2)CC1. The van der Waals surface area contributed by atoms with Crippen LogP contribution in [-0.2, 0) is 11.3 Å². The summed E-state index contributed by atoms with van der Waals surface area (Å²) >= 11 is 5.97. The molecule has 0 aliphatic carbocycles. The minimum atomic E-state index is -0.427. The van der Waals surface area contributed by atoms with Gasteiger partial charge >= 0.3 is 0 Å². The Morgan fingerprint density at radius 1 is 1.32 bits per heavy atom. The van der Waals surface area contributed by atoms with Crippen LogP contribution >= 0.6 is 11.6 Å². The summed E-state index contributed by atoms with van der Waals surface area (Å²) in [6.45, 7) is 5.99. The summed E-state index contributed by atoms with van der Waals surface area (Å²) in [5.74, 6) is 0.377. The molecular formula is C18H21ClFN3O2. The molecule has 1 fully saturated rings. The highest BCUT2D eigenvalue weighted by Crippen LogP contribution is 2.23. The average Bonchev–Trinajstić information content (AvgIpc) is 3.10. The van der Waals surface area contributed by atoms with Crippen molar-refractivity contribution in [1.29, 1.82) is 0 Å². The van der Waals surface area contributed by atoms with E-state index in [0.29, 0.717) is 5.69 Å². The molecule has 7 heteroatoms. The first-order chi connectivity index (χ1) is 12.0. The van der Waals surface area contributed by atoms with Gasteiger partial charge in [0.25, 0.3) is 0 Å². The molecule has 1 N–H and O–H groups in total. The minimum absolute atomic E-state index is 0.145. The van der Waals surface area contributed by atoms with E-state index in [1.54, 1.807) is 6.26 Å². The first-order valence-corrected chi connectivity index (χ1v) is 8.65. The zero-order chi connectivity index (χ0) is 17.8. The Morgan fingerprint density at radius 2 is 2.08 bits per heavy atom. The van der Waals surface area contributed by atoms with Crippen molar-refractivity contribution in [3.05, 3.63) is 53.2 Å². The molecule has 1 aliphatic rings. The third-order valence-electron chi connectivity index (χ3n) is 4.48. The van der Waals surface area contributed by atoms with Crippen molar-refractivity contribution in [3.63, 3.8) is 0 Å². The van der Waals surface area contributed by atoms with E-state index in [0.717, 1.165) is 38.5 Å². The predicted octanol–water partition coefficient (Wildman–Crippen LogP) is 3.22. The number of furan rings is 1. The Hall–Kier alpha value is -1.89. The third-order valence-corrected chi connectivity index (χ3v) is 4.80. The number of rotatable bonds is 5. The van der Waals surface area contributed by atoms with Crippen molar-refractivity contribution < 1.29 is 13.6 Å². The Bertz CT molecular complexity index is 715. The fourth-order valence-corrected chi connectivity index (χ4v) is 3.14. The van der Waals surface area contributed by atoms with Crippen molar-refractivity contribution in [1.82, 2.24) is 9.80 Å². The van der Waals surface area contributed by atoms with E-state index in [9.17, 15) is 9.18 Å². The second-order valence-electron chi connectivity index (χ2n) is 6.18. The van der Waals surface area contributed by atoms with Gasteiger partial charge in [-0.2, -0.15) is 0 Å². The van der Waals surface area contributed by atoms with Crippen molar-refractivity contribution >= 4 is 23.2 Å². The van der Waals surface area contributed by atoms with Gasteiger partial charge in [0.1, 0.15) is 11.6 Å². The van der Waals surface area contributed by atoms with Crippen LogP contribution in [-0.4, -0.2) is 47.9 Å². The topological polar surface area (TPSA) is 48.7 Å². The molecule has 0 spiro atoms. The molecule has 2 heterocycles. The number of benzene rings is 1. The Balaban J connectivity index is 1.51. The molecule has 0 bridgehead atoms. The number of hydrogen-bond acceptors (Lipinski definition) is 4. The molecule has 0 saturated carbocycles. The molecule has 1 aromatic heterocycles. The van der Waals surface area contributed by atoms with E-state index >= 15 is 0 Å². The Labute approximate surface area is 151 Å². The third kappa shape index (κ3) is 4.60. The predicted molar refractivity (Wildman–Crippen MR) is 95.1 cm³/mol. The number of piperazine rings is 1. The van der Waals surface area contributed by atoms with E-state index < -0.39 is 5.82 Å². The van der Waals surface area contributed by atoms with E-state index in [1.165, 1.54) is 18.2 Å². The molecule has 0 unspecified atom stereocenters. The van der Waals surface area contributed by atoms with Crippen LogP contribution in [0.1, 0.15) is 12.7 Å². The highest BCUT2D eigenvalue weighted by molar-refractivity contribution is 6.33. The lowest BCUT2D eigenvalue weighted by Crippen LogP contribution is -2.52. The lowest BCUT2D eigenvalue weighted by molar-refractivity contribution is -0.121. The van der Waals surface area contributed by atoms with E-state index in [4.69, 9.17) is 16.0 Å². The lowest BCUT2D eigenvalue weighted by atomic mass is 10.2. The first kappa shape index (κ1) is 17.9. The number of carbonyl (C=O) groups excluding carboxylic acids is 1. The first-order valence-electron chi connectivity index (χ1n) is 8.27. The van der Waals surface area contributed by atoms with Crippen molar-refractivity contribution in [2.24, 2.45) is 0 Å². The standard InChI is InChI=1S/C18H21ClFN3O2/c1-13(18(24)21-17-5-4-14(20)11-16(17)19)23-8-6-22(7-9-23)12-15-3-2-10-25-15/h2-5,10-11,13H,6-9,12H2,1H3,(H,21,24)/t13-/m1/s1. The molecule has 1 aliphatic heterocycles. The van der Waals surface area contributed by atoms with Crippen molar-refractivity contribution in [2.75, 3.05) is 31.5 Å². The summed E-state index contributed by atoms with van der Waals surface area (Å²) in [6, 6.07) is 7.51. The molecule has 2 aromatic rings. The van der Waals surface area contributed by atoms with Gasteiger partial charge in [-0.05, 0) is 37.3 Å². The van der Waals surface area contributed by atoms with Crippen LogP contribution < -0.4 is 5.32 Å². The molecule has 1 aromatic carbocycles. The van der Waals surface area contributed by atoms with Gasteiger partial charge in [0, 0.05) is 26.2 Å². The molecule has 1 atom stereocenters. The zero-order valence-electron chi connectivity index (χ0n) is 14.0. The molecule has 1 saturated heterocycles. The monoisotopic (exact) mass is 365 g/mol. The Kier molecular flexibility index (Phi) is 5.73. The number of hydrogen-bond donors (Lipinski definition) is 1. The number of halogens is 2. The van der Waals surface area contributed by atoms with Gasteiger partial charge in [-0.3, -0.25) is 14.6 Å². The Morgan fingerprint density at radius 3 is 2.72 bits per heavy atom. The number of amides is 1. The van der Waals surface area contributed by atoms with Crippen LogP contribution in [0.2, 0.25) is 5.02 Å². The summed E-state index contributed by atoms with van der Waals surface area (Å²) in [4.78, 5) is 16.9. The second-order valence-corrected chi connectivity index (χ2v) is 6.59. The van der Waals surface area contributed by atoms with Gasteiger partial charge in [0.15, 0.2) is 0 Å². The average molecular weight is 366 g/mol. The maximum Gasteiger partial charge on any atom is 0.241 e. The fraction of sp³-hybridized carbons (Fsp3) is 0.389. The largest absolute Gasteiger partial charge is 0.468 e. The van der Waals surface area contributed by atoms with Gasteiger partial charge in [-0.1, -0.05) is 11.6 Å². The lowest BCUT2D eigenvalue weighted by Gasteiger charge is -2.37. The minimum Gasteiger partial charge on any atom is -0.468 e. The van der Waals surface area contributed by atoms with Gasteiger partial charge in [0.2, 0.25) is 5.91 Å². The highest BCUT2D eigenvalue weighted by Gasteiger charge is 2.26. The number of nitrogens with one attached hydrogen (secondary N) is 1. The molecule has 1 amide bonds. The van der Waals surface area contributed by atoms with Crippen LogP contribution in [0.25, 0.3) is 0 Å². The van der Waals surface area contributed by atoms with Crippen LogP contribution in [0, 0.1) is 5.82 Å². The van der Waals surface area contributed by atoms with Crippen LogP contribution in [0.15, 0.2) is 41.0 Å². The van der Waals surface area contributed by atoms with Gasteiger partial charge in [-0.25, -0.2) is 4.39 Å². The highest BCUT2D eigenvalue weighted by atomic mass is 35.5. The van der Waals surface area contributed by atoms with E-state index in [2.05, 4.69) is 15.1 Å². The maximum atomic E-state index is 13.1. The van der Waals surface area contributed by atoms with Gasteiger partial charge in [-0.15, -0.1) is 0 Å². The van der Waals surface area contributed by atoms with Gasteiger partial charge in [0.05, 0.1) is 29.6 Å². The summed E-state index contributed by atoms with van der Waals surface area (Å²) in [5.41, 5.74) is 0.427. The van der Waals surface area contributed by atoms with E-state index in [-0.39, 0.29) is 17.0 Å². The summed E-state index contributed by atoms with van der Waals surface area (Å²) in [5, 5.41) is 2.97. The molecule has 5 nitrogen and oxygen atoms in total. The van der Waals surface area contributed by atoms with Crippen LogP contribution in [0.5, 0.6) is 0 Å². The van der Waals surface area contributed by atoms with E-state index in [1.807, 2.05) is 19.1 Å². The number of carbonyl (C=O) groups is 1. The second kappa shape index (κ2) is 7.99. The molecule has 3 rings (SSSR count). The molecule has 25 heavy (non-hydrogen) atoms. The summed E-state index contributed by atoms with van der Waals surface area (Å²) in [6.07, 6.45) is 1.68. The maximum absolute atomic E-state index is 13.1. The normalized spacial score (nSPS) is 17.4. The molecule has 0 radical (unpaired) electrons. The fourth-order valence-electron chi connectivity index (χ4n) is 2.93.